The Morgan fingerprint density at radius 1 is 1.10 bits per heavy atom. The zero-order chi connectivity index (χ0) is 30.0. The Labute approximate surface area is 248 Å². The highest BCUT2D eigenvalue weighted by Gasteiger charge is 2.30. The second-order valence-electron chi connectivity index (χ2n) is 10.8. The summed E-state index contributed by atoms with van der Waals surface area (Å²) in [6, 6.07) is 15.3. The number of halogens is 3. The third kappa shape index (κ3) is 6.09. The third-order valence-corrected chi connectivity index (χ3v) is 8.30. The molecule has 218 valence electrons. The van der Waals surface area contributed by atoms with Crippen LogP contribution >= 0.6 is 11.6 Å². The SMILES string of the molecule is COC(=O)Cc1ccc2c(c1)NC(=O)[C@H](C)CCC[C@H](N1CCC(c3c(F)ccc(Cl)c3F)=CC1=O)c1cccc-2c1. The molecule has 2 aliphatic rings. The predicted molar refractivity (Wildman–Crippen MR) is 158 cm³/mol. The minimum absolute atomic E-state index is 0.0763. The summed E-state index contributed by atoms with van der Waals surface area (Å²) in [5, 5.41) is 2.85. The first-order chi connectivity index (χ1) is 20.2. The van der Waals surface area contributed by atoms with Gasteiger partial charge in [0.25, 0.3) is 0 Å². The topological polar surface area (TPSA) is 75.7 Å². The van der Waals surface area contributed by atoms with Crippen molar-refractivity contribution >= 4 is 40.6 Å². The minimum atomic E-state index is -0.872. The second-order valence-corrected chi connectivity index (χ2v) is 11.2. The molecular formula is C33H31ClF2N2O4. The number of rotatable bonds is 4. The van der Waals surface area contributed by atoms with E-state index in [9.17, 15) is 23.2 Å². The molecule has 0 fully saturated rings. The molecule has 0 aromatic heterocycles. The molecule has 42 heavy (non-hydrogen) atoms. The largest absolute Gasteiger partial charge is 0.469 e. The number of hydrogen-bond donors (Lipinski definition) is 1. The molecule has 3 aromatic rings. The lowest BCUT2D eigenvalue weighted by Gasteiger charge is -2.35. The van der Waals surface area contributed by atoms with Crippen molar-refractivity contribution in [1.82, 2.24) is 4.90 Å². The number of nitrogens with zero attached hydrogens (tertiary/aromatic N) is 1. The van der Waals surface area contributed by atoms with E-state index in [1.807, 2.05) is 43.3 Å². The molecule has 0 saturated heterocycles. The van der Waals surface area contributed by atoms with Crippen molar-refractivity contribution in [1.29, 1.82) is 0 Å². The lowest BCUT2D eigenvalue weighted by molar-refractivity contribution is -0.139. The van der Waals surface area contributed by atoms with E-state index in [1.54, 1.807) is 11.0 Å². The molecule has 1 N–H and O–H groups in total. The van der Waals surface area contributed by atoms with Crippen LogP contribution in [0.25, 0.3) is 16.7 Å². The van der Waals surface area contributed by atoms with Gasteiger partial charge in [0.2, 0.25) is 11.8 Å². The summed E-state index contributed by atoms with van der Waals surface area (Å²) < 4.78 is 34.1. The number of ether oxygens (including phenoxy) is 1. The summed E-state index contributed by atoms with van der Waals surface area (Å²) in [5.41, 5.74) is 3.86. The average Bonchev–Trinajstić information content (AvgIpc) is 2.97. The second kappa shape index (κ2) is 12.4. The molecular weight excluding hydrogens is 562 g/mol. The molecule has 9 heteroatoms. The van der Waals surface area contributed by atoms with Gasteiger partial charge in [0, 0.05) is 29.8 Å². The highest BCUT2D eigenvalue weighted by atomic mass is 35.5. The summed E-state index contributed by atoms with van der Waals surface area (Å²) in [7, 11) is 1.33. The van der Waals surface area contributed by atoms with E-state index in [4.69, 9.17) is 16.3 Å². The van der Waals surface area contributed by atoms with E-state index in [2.05, 4.69) is 5.32 Å². The van der Waals surface area contributed by atoms with E-state index < -0.39 is 11.6 Å². The van der Waals surface area contributed by atoms with Crippen molar-refractivity contribution in [3.8, 4) is 11.1 Å². The van der Waals surface area contributed by atoms with Crippen LogP contribution in [0.4, 0.5) is 14.5 Å². The summed E-state index contributed by atoms with van der Waals surface area (Å²) >= 11 is 5.90. The van der Waals surface area contributed by atoms with E-state index in [-0.39, 0.29) is 65.3 Å². The minimum Gasteiger partial charge on any atom is -0.469 e. The summed E-state index contributed by atoms with van der Waals surface area (Å²) in [4.78, 5) is 40.3. The van der Waals surface area contributed by atoms with Gasteiger partial charge in [0.1, 0.15) is 5.82 Å². The standard InChI is InChI=1S/C33H31ClF2N2O4/c1-19-5-3-8-28(38-14-13-23(18-29(38)39)31-26(35)12-11-25(34)32(31)36)22-7-4-6-21(17-22)24-10-9-20(16-30(40)42-2)15-27(24)37-33(19)41/h4,6-7,9-12,15,17-19,28H,3,5,8,13-14,16H2,1-2H3,(H,37,41)/t19-,28+/m1/s1. The van der Waals surface area contributed by atoms with Crippen molar-refractivity contribution in [3.63, 3.8) is 0 Å². The van der Waals surface area contributed by atoms with Crippen molar-refractivity contribution in [2.75, 3.05) is 19.0 Å². The van der Waals surface area contributed by atoms with Gasteiger partial charge in [-0.25, -0.2) is 8.78 Å². The van der Waals surface area contributed by atoms with Crippen molar-refractivity contribution < 1.29 is 27.9 Å². The lowest BCUT2D eigenvalue weighted by atomic mass is 9.90. The number of nitrogens with one attached hydrogen (secondary N) is 1. The van der Waals surface area contributed by atoms with Crippen LogP contribution in [-0.2, 0) is 25.5 Å². The molecule has 2 bridgehead atoms. The zero-order valence-electron chi connectivity index (χ0n) is 23.4. The van der Waals surface area contributed by atoms with Crippen molar-refractivity contribution in [3.05, 3.63) is 94.0 Å². The van der Waals surface area contributed by atoms with Crippen LogP contribution in [0.2, 0.25) is 5.02 Å². The first-order valence-electron chi connectivity index (χ1n) is 13.9. The average molecular weight is 593 g/mol. The van der Waals surface area contributed by atoms with Crippen LogP contribution in [0.5, 0.6) is 0 Å². The number of amides is 2. The van der Waals surface area contributed by atoms with E-state index in [0.29, 0.717) is 30.5 Å². The number of methoxy groups -OCH3 is 1. The Bertz CT molecular complexity index is 1590. The highest BCUT2D eigenvalue weighted by molar-refractivity contribution is 6.31. The maximum atomic E-state index is 14.7. The van der Waals surface area contributed by atoms with Crippen LogP contribution in [0.3, 0.4) is 0 Å². The van der Waals surface area contributed by atoms with Crippen LogP contribution < -0.4 is 5.32 Å². The van der Waals surface area contributed by atoms with Gasteiger partial charge in [-0.05, 0) is 65.8 Å². The molecule has 6 nitrogen and oxygen atoms in total. The molecule has 2 aliphatic heterocycles. The molecule has 2 atom stereocenters. The van der Waals surface area contributed by atoms with Gasteiger partial charge in [0.15, 0.2) is 5.82 Å². The molecule has 2 heterocycles. The quantitative estimate of drug-likeness (QED) is 0.259. The van der Waals surface area contributed by atoms with Gasteiger partial charge in [0.05, 0.1) is 30.2 Å². The van der Waals surface area contributed by atoms with E-state index >= 15 is 0 Å². The number of fused-ring (bicyclic) bond motifs is 4. The maximum absolute atomic E-state index is 14.7. The molecule has 0 aliphatic carbocycles. The smallest absolute Gasteiger partial charge is 0.309 e. The van der Waals surface area contributed by atoms with Gasteiger partial charge in [-0.15, -0.1) is 0 Å². The molecule has 0 saturated carbocycles. The molecule has 5 rings (SSSR count). The fourth-order valence-electron chi connectivity index (χ4n) is 5.70. The lowest BCUT2D eigenvalue weighted by Crippen LogP contribution is -2.37. The summed E-state index contributed by atoms with van der Waals surface area (Å²) in [5.74, 6) is -2.77. The van der Waals surface area contributed by atoms with Gasteiger partial charge < -0.3 is 15.0 Å². The Kier molecular flexibility index (Phi) is 8.73. The van der Waals surface area contributed by atoms with E-state index in [0.717, 1.165) is 28.8 Å². The summed E-state index contributed by atoms with van der Waals surface area (Å²) in [6.07, 6.45) is 3.53. The fourth-order valence-corrected chi connectivity index (χ4v) is 5.86. The van der Waals surface area contributed by atoms with Crippen LogP contribution in [0.1, 0.15) is 55.3 Å². The number of carbonyl (C=O) groups excluding carboxylic acids is 3. The molecule has 0 radical (unpaired) electrons. The summed E-state index contributed by atoms with van der Waals surface area (Å²) in [6.45, 7) is 2.14. The zero-order valence-corrected chi connectivity index (χ0v) is 24.1. The van der Waals surface area contributed by atoms with Crippen LogP contribution in [0.15, 0.2) is 60.7 Å². The number of benzene rings is 3. The first-order valence-corrected chi connectivity index (χ1v) is 14.3. The monoisotopic (exact) mass is 592 g/mol. The number of esters is 1. The van der Waals surface area contributed by atoms with E-state index in [1.165, 1.54) is 13.2 Å². The Morgan fingerprint density at radius 2 is 1.90 bits per heavy atom. The van der Waals surface area contributed by atoms with Gasteiger partial charge >= 0.3 is 5.97 Å². The number of anilines is 1. The Hall–Kier alpha value is -4.04. The molecule has 2 amide bonds. The molecule has 0 spiro atoms. The Morgan fingerprint density at radius 3 is 2.67 bits per heavy atom. The van der Waals surface area contributed by atoms with Crippen molar-refractivity contribution in [2.24, 2.45) is 5.92 Å². The highest BCUT2D eigenvalue weighted by Crippen LogP contribution is 2.38. The maximum Gasteiger partial charge on any atom is 0.309 e. The normalized spacial score (nSPS) is 19.2. The van der Waals surface area contributed by atoms with Gasteiger partial charge in [-0.2, -0.15) is 0 Å². The molecule has 3 aromatic carbocycles. The third-order valence-electron chi connectivity index (χ3n) is 8.01. The number of hydrogen-bond acceptors (Lipinski definition) is 4. The van der Waals surface area contributed by atoms with Gasteiger partial charge in [-0.3, -0.25) is 14.4 Å². The Balaban J connectivity index is 1.52. The predicted octanol–water partition coefficient (Wildman–Crippen LogP) is 7.12. The van der Waals surface area contributed by atoms with Crippen LogP contribution in [-0.4, -0.2) is 36.3 Å². The first kappa shape index (κ1) is 29.5. The molecule has 0 unspecified atom stereocenters. The number of carbonyl (C=O) groups is 3. The van der Waals surface area contributed by atoms with Crippen LogP contribution in [0, 0.1) is 17.6 Å². The van der Waals surface area contributed by atoms with Gasteiger partial charge in [-0.1, -0.05) is 55.3 Å². The fraction of sp³-hybridized carbons (Fsp3) is 0.303. The van der Waals surface area contributed by atoms with Crippen molar-refractivity contribution in [2.45, 2.75) is 45.1 Å².